The summed E-state index contributed by atoms with van der Waals surface area (Å²) in [5, 5.41) is 7.75. The highest BCUT2D eigenvalue weighted by molar-refractivity contribution is 5.99. The van der Waals surface area contributed by atoms with E-state index in [0.717, 1.165) is 30.9 Å². The van der Waals surface area contributed by atoms with Gasteiger partial charge >= 0.3 is 0 Å². The zero-order chi connectivity index (χ0) is 15.4. The van der Waals surface area contributed by atoms with E-state index in [0.29, 0.717) is 11.3 Å². The second-order valence-electron chi connectivity index (χ2n) is 5.29. The molecule has 0 saturated carbocycles. The molecule has 1 heterocycles. The predicted octanol–water partition coefficient (Wildman–Crippen LogP) is 2.79. The highest BCUT2D eigenvalue weighted by Crippen LogP contribution is 2.18. The molecule has 5 heteroatoms. The van der Waals surface area contributed by atoms with Crippen LogP contribution in [-0.2, 0) is 6.54 Å². The molecule has 1 aromatic heterocycles. The first-order valence-corrected chi connectivity index (χ1v) is 7.13. The number of rotatable bonds is 6. The standard InChI is InChI=1S/C16H22N4O/c1-11-9-12(2)20(19-11)8-4-7-18-14-5-6-15(13(3)21)16(17)10-14/h5-6,9-10,18H,4,7-8,17H2,1-3H3. The number of nitrogen functional groups attached to an aromatic ring is 1. The number of hydrogen-bond acceptors (Lipinski definition) is 4. The Hall–Kier alpha value is -2.30. The molecule has 2 aromatic rings. The highest BCUT2D eigenvalue weighted by Gasteiger charge is 2.05. The Kier molecular flexibility index (Phi) is 4.62. The van der Waals surface area contributed by atoms with Gasteiger partial charge in [0.15, 0.2) is 5.78 Å². The Bertz CT molecular complexity index is 646. The number of nitrogens with zero attached hydrogens (tertiary/aromatic N) is 2. The number of aryl methyl sites for hydroxylation is 3. The summed E-state index contributed by atoms with van der Waals surface area (Å²) in [6.45, 7) is 7.30. The molecule has 0 unspecified atom stereocenters. The first kappa shape index (κ1) is 15.1. The smallest absolute Gasteiger partial charge is 0.161 e. The summed E-state index contributed by atoms with van der Waals surface area (Å²) in [6, 6.07) is 7.53. The topological polar surface area (TPSA) is 72.9 Å². The highest BCUT2D eigenvalue weighted by atomic mass is 16.1. The maximum atomic E-state index is 11.3. The minimum Gasteiger partial charge on any atom is -0.398 e. The predicted molar refractivity (Wildman–Crippen MR) is 85.7 cm³/mol. The summed E-state index contributed by atoms with van der Waals surface area (Å²) < 4.78 is 2.02. The van der Waals surface area contributed by atoms with Gasteiger partial charge < -0.3 is 11.1 Å². The van der Waals surface area contributed by atoms with Crippen molar-refractivity contribution in [3.8, 4) is 0 Å². The van der Waals surface area contributed by atoms with Crippen molar-refractivity contribution in [3.05, 3.63) is 41.2 Å². The molecule has 5 nitrogen and oxygen atoms in total. The monoisotopic (exact) mass is 286 g/mol. The van der Waals surface area contributed by atoms with E-state index in [9.17, 15) is 4.79 Å². The molecule has 1 aromatic carbocycles. The average molecular weight is 286 g/mol. The fourth-order valence-electron chi connectivity index (χ4n) is 2.36. The number of carbonyl (C=O) groups excluding carboxylic acids is 1. The summed E-state index contributed by atoms with van der Waals surface area (Å²) >= 11 is 0. The lowest BCUT2D eigenvalue weighted by Crippen LogP contribution is -2.09. The van der Waals surface area contributed by atoms with E-state index in [1.165, 1.54) is 12.6 Å². The molecule has 112 valence electrons. The van der Waals surface area contributed by atoms with E-state index in [1.807, 2.05) is 17.7 Å². The van der Waals surface area contributed by atoms with Crippen LogP contribution in [0, 0.1) is 13.8 Å². The van der Waals surface area contributed by atoms with E-state index in [-0.39, 0.29) is 5.78 Å². The van der Waals surface area contributed by atoms with Crippen molar-refractivity contribution in [1.29, 1.82) is 0 Å². The van der Waals surface area contributed by atoms with Crippen LogP contribution < -0.4 is 11.1 Å². The molecule has 0 aliphatic heterocycles. The minimum absolute atomic E-state index is 0.0106. The second kappa shape index (κ2) is 6.43. The van der Waals surface area contributed by atoms with E-state index in [4.69, 9.17) is 5.73 Å². The lowest BCUT2D eigenvalue weighted by molar-refractivity contribution is 0.101. The zero-order valence-corrected chi connectivity index (χ0v) is 12.8. The third-order valence-corrected chi connectivity index (χ3v) is 3.41. The summed E-state index contributed by atoms with van der Waals surface area (Å²) in [7, 11) is 0. The molecule has 0 spiro atoms. The van der Waals surface area contributed by atoms with Crippen molar-refractivity contribution in [1.82, 2.24) is 9.78 Å². The maximum absolute atomic E-state index is 11.3. The van der Waals surface area contributed by atoms with Crippen LogP contribution >= 0.6 is 0 Å². The minimum atomic E-state index is -0.0106. The molecular formula is C16H22N4O. The molecule has 3 N–H and O–H groups in total. The molecule has 0 bridgehead atoms. The normalized spacial score (nSPS) is 10.6. The molecule has 0 atom stereocenters. The van der Waals surface area contributed by atoms with Crippen molar-refractivity contribution in [2.45, 2.75) is 33.7 Å². The second-order valence-corrected chi connectivity index (χ2v) is 5.29. The van der Waals surface area contributed by atoms with Crippen LogP contribution in [0.25, 0.3) is 0 Å². The number of carbonyl (C=O) groups is 1. The number of Topliss-reactive ketones (excluding diaryl/α,β-unsaturated/α-hetero) is 1. The van der Waals surface area contributed by atoms with Gasteiger partial charge in [-0.25, -0.2) is 0 Å². The van der Waals surface area contributed by atoms with Gasteiger partial charge in [-0.3, -0.25) is 9.48 Å². The average Bonchev–Trinajstić information content (AvgIpc) is 2.73. The number of nitrogens with one attached hydrogen (secondary N) is 1. The van der Waals surface area contributed by atoms with Crippen LogP contribution in [0.1, 0.15) is 35.1 Å². The van der Waals surface area contributed by atoms with Gasteiger partial charge in [0.1, 0.15) is 0 Å². The van der Waals surface area contributed by atoms with Crippen molar-refractivity contribution >= 4 is 17.2 Å². The van der Waals surface area contributed by atoms with E-state index in [1.54, 1.807) is 12.1 Å². The van der Waals surface area contributed by atoms with Gasteiger partial charge in [0.25, 0.3) is 0 Å². The molecule has 0 aliphatic rings. The van der Waals surface area contributed by atoms with E-state index in [2.05, 4.69) is 23.4 Å². The van der Waals surface area contributed by atoms with E-state index >= 15 is 0 Å². The number of aromatic nitrogens is 2. The molecule has 0 saturated heterocycles. The number of hydrogen-bond donors (Lipinski definition) is 2. The SMILES string of the molecule is CC(=O)c1ccc(NCCCn2nc(C)cc2C)cc1N. The Labute approximate surface area is 125 Å². The zero-order valence-electron chi connectivity index (χ0n) is 12.8. The van der Waals surface area contributed by atoms with Crippen LogP contribution in [0.3, 0.4) is 0 Å². The van der Waals surface area contributed by atoms with Crippen molar-refractivity contribution in [2.24, 2.45) is 0 Å². The summed E-state index contributed by atoms with van der Waals surface area (Å²) in [4.78, 5) is 11.3. The third-order valence-electron chi connectivity index (χ3n) is 3.41. The number of nitrogens with two attached hydrogens (primary N) is 1. The van der Waals surface area contributed by atoms with Gasteiger partial charge in [0.2, 0.25) is 0 Å². The Balaban J connectivity index is 1.85. The molecule has 0 aliphatic carbocycles. The molecule has 21 heavy (non-hydrogen) atoms. The molecule has 2 rings (SSSR count). The molecule has 0 amide bonds. The van der Waals surface area contributed by atoms with Gasteiger partial charge in [0, 0.05) is 35.7 Å². The summed E-state index contributed by atoms with van der Waals surface area (Å²) in [5.74, 6) is -0.0106. The number of benzene rings is 1. The maximum Gasteiger partial charge on any atom is 0.161 e. The van der Waals surface area contributed by atoms with Gasteiger partial charge in [-0.2, -0.15) is 5.10 Å². The van der Waals surface area contributed by atoms with Crippen LogP contribution in [0.4, 0.5) is 11.4 Å². The van der Waals surface area contributed by atoms with Crippen LogP contribution in [0.15, 0.2) is 24.3 Å². The fraction of sp³-hybridized carbons (Fsp3) is 0.375. The lowest BCUT2D eigenvalue weighted by atomic mass is 10.1. The van der Waals surface area contributed by atoms with Gasteiger partial charge in [-0.05, 0) is 51.5 Å². The third kappa shape index (κ3) is 3.84. The number of anilines is 2. The fourth-order valence-corrected chi connectivity index (χ4v) is 2.36. The number of ketones is 1. The Morgan fingerprint density at radius 1 is 1.33 bits per heavy atom. The lowest BCUT2D eigenvalue weighted by Gasteiger charge is -2.09. The largest absolute Gasteiger partial charge is 0.398 e. The Morgan fingerprint density at radius 2 is 2.10 bits per heavy atom. The van der Waals surface area contributed by atoms with Crippen LogP contribution in [0.5, 0.6) is 0 Å². The van der Waals surface area contributed by atoms with Crippen LogP contribution in [-0.4, -0.2) is 22.1 Å². The van der Waals surface area contributed by atoms with E-state index < -0.39 is 0 Å². The van der Waals surface area contributed by atoms with Crippen LogP contribution in [0.2, 0.25) is 0 Å². The van der Waals surface area contributed by atoms with Gasteiger partial charge in [0.05, 0.1) is 5.69 Å². The first-order valence-electron chi connectivity index (χ1n) is 7.13. The first-order chi connectivity index (χ1) is 9.97. The van der Waals surface area contributed by atoms with Crippen molar-refractivity contribution in [3.63, 3.8) is 0 Å². The molecular weight excluding hydrogens is 264 g/mol. The van der Waals surface area contributed by atoms with Crippen molar-refractivity contribution < 1.29 is 4.79 Å². The summed E-state index contributed by atoms with van der Waals surface area (Å²) in [6.07, 6.45) is 0.969. The van der Waals surface area contributed by atoms with Gasteiger partial charge in [-0.15, -0.1) is 0 Å². The van der Waals surface area contributed by atoms with Gasteiger partial charge in [-0.1, -0.05) is 0 Å². The molecule has 0 fully saturated rings. The summed E-state index contributed by atoms with van der Waals surface area (Å²) in [5.41, 5.74) is 10.1. The molecule has 0 radical (unpaired) electrons. The van der Waals surface area contributed by atoms with Crippen molar-refractivity contribution in [2.75, 3.05) is 17.6 Å². The Morgan fingerprint density at radius 3 is 2.67 bits per heavy atom. The quantitative estimate of drug-likeness (QED) is 0.486.